The van der Waals surface area contributed by atoms with E-state index in [0.29, 0.717) is 32.5 Å². The Bertz CT molecular complexity index is 933. The lowest BCUT2D eigenvalue weighted by Crippen LogP contribution is -2.34. The monoisotopic (exact) mass is 762 g/mol. The lowest BCUT2D eigenvalue weighted by atomic mass is 9.73. The van der Waals surface area contributed by atoms with Gasteiger partial charge in [-0.1, -0.05) is 143 Å². The summed E-state index contributed by atoms with van der Waals surface area (Å²) < 4.78 is 16.9. The number of ether oxygens (including phenoxy) is 3. The molecule has 7 heteroatoms. The molecule has 54 heavy (non-hydrogen) atoms. The van der Waals surface area contributed by atoms with Gasteiger partial charge in [-0.25, -0.2) is 0 Å². The largest absolute Gasteiger partial charge is 0.462 e. The van der Waals surface area contributed by atoms with Crippen LogP contribution < -0.4 is 0 Å². The molecule has 0 aliphatic rings. The van der Waals surface area contributed by atoms with Crippen LogP contribution in [-0.2, 0) is 28.6 Å². The minimum absolute atomic E-state index is 0.0860. The highest BCUT2D eigenvalue weighted by Gasteiger charge is 2.32. The van der Waals surface area contributed by atoms with E-state index in [-0.39, 0.29) is 34.8 Å². The molecule has 7 nitrogen and oxygen atoms in total. The van der Waals surface area contributed by atoms with Crippen LogP contribution in [0.4, 0.5) is 0 Å². The summed E-state index contributed by atoms with van der Waals surface area (Å²) in [6, 6.07) is 0. The SMILES string of the molecule is CCCCCCCC/C=C\COC(=O)CCCCCC(CCCCCC(=O)OC/C=C\CCCCCCCC)OC(=O)CC(C)(C)CC(C)(C)CN(C)C. The highest BCUT2D eigenvalue weighted by molar-refractivity contribution is 5.70. The lowest BCUT2D eigenvalue weighted by Gasteiger charge is -2.36. The molecule has 0 unspecified atom stereocenters. The first kappa shape index (κ1) is 51.9. The topological polar surface area (TPSA) is 82.1 Å². The normalized spacial score (nSPS) is 12.4. The van der Waals surface area contributed by atoms with Crippen molar-refractivity contribution in [2.24, 2.45) is 10.8 Å². The van der Waals surface area contributed by atoms with Gasteiger partial charge in [0, 0.05) is 19.4 Å². The van der Waals surface area contributed by atoms with Crippen LogP contribution in [0, 0.1) is 10.8 Å². The number of hydrogen-bond acceptors (Lipinski definition) is 7. The van der Waals surface area contributed by atoms with Crippen molar-refractivity contribution >= 4 is 17.9 Å². The van der Waals surface area contributed by atoms with E-state index in [1.165, 1.54) is 77.0 Å². The predicted octanol–water partition coefficient (Wildman–Crippen LogP) is 12.9. The highest BCUT2D eigenvalue weighted by Crippen LogP contribution is 2.37. The first-order valence-corrected chi connectivity index (χ1v) is 22.3. The number of hydrogen-bond donors (Lipinski definition) is 0. The molecular weight excluding hydrogens is 675 g/mol. The van der Waals surface area contributed by atoms with Gasteiger partial charge >= 0.3 is 17.9 Å². The lowest BCUT2D eigenvalue weighted by molar-refractivity contribution is -0.152. The summed E-state index contributed by atoms with van der Waals surface area (Å²) in [5.74, 6) is -0.430. The highest BCUT2D eigenvalue weighted by atomic mass is 16.5. The van der Waals surface area contributed by atoms with Crippen LogP contribution in [-0.4, -0.2) is 62.8 Å². The third kappa shape index (κ3) is 35.5. The van der Waals surface area contributed by atoms with E-state index in [0.717, 1.165) is 77.2 Å². The molecule has 0 saturated carbocycles. The van der Waals surface area contributed by atoms with Crippen LogP contribution in [0.2, 0.25) is 0 Å². The Morgan fingerprint density at radius 2 is 0.963 bits per heavy atom. The summed E-state index contributed by atoms with van der Waals surface area (Å²) in [5.41, 5.74) is -0.0859. The van der Waals surface area contributed by atoms with Crippen molar-refractivity contribution in [3.8, 4) is 0 Å². The maximum Gasteiger partial charge on any atom is 0.306 e. The molecule has 316 valence electrons. The molecule has 0 aliphatic heterocycles. The summed E-state index contributed by atoms with van der Waals surface area (Å²) in [6.45, 7) is 15.0. The molecule has 0 bridgehead atoms. The number of allylic oxidation sites excluding steroid dienone is 2. The minimum Gasteiger partial charge on any atom is -0.462 e. The van der Waals surface area contributed by atoms with Crippen LogP contribution in [0.3, 0.4) is 0 Å². The first-order valence-electron chi connectivity index (χ1n) is 22.3. The van der Waals surface area contributed by atoms with E-state index >= 15 is 0 Å². The molecule has 0 saturated heterocycles. The number of carbonyl (C=O) groups is 3. The Hall–Kier alpha value is -2.15. The van der Waals surface area contributed by atoms with Gasteiger partial charge in [0.2, 0.25) is 0 Å². The van der Waals surface area contributed by atoms with Crippen molar-refractivity contribution in [3.05, 3.63) is 24.3 Å². The summed E-state index contributed by atoms with van der Waals surface area (Å²) in [4.78, 5) is 39.9. The van der Waals surface area contributed by atoms with E-state index in [1.54, 1.807) is 0 Å². The summed E-state index contributed by atoms with van der Waals surface area (Å²) in [6.07, 6.45) is 34.3. The number of nitrogens with zero attached hydrogens (tertiary/aromatic N) is 1. The fourth-order valence-corrected chi connectivity index (χ4v) is 7.67. The number of unbranched alkanes of at least 4 members (excludes halogenated alkanes) is 16. The van der Waals surface area contributed by atoms with E-state index in [9.17, 15) is 14.4 Å². The van der Waals surface area contributed by atoms with Gasteiger partial charge in [-0.3, -0.25) is 14.4 Å². The van der Waals surface area contributed by atoms with Crippen LogP contribution in [0.5, 0.6) is 0 Å². The van der Waals surface area contributed by atoms with E-state index in [4.69, 9.17) is 14.2 Å². The molecule has 0 aliphatic carbocycles. The third-order valence-electron chi connectivity index (χ3n) is 9.90. The Balaban J connectivity index is 4.63. The van der Waals surface area contributed by atoms with Gasteiger partial charge in [0.25, 0.3) is 0 Å². The molecule has 0 aromatic heterocycles. The fourth-order valence-electron chi connectivity index (χ4n) is 7.67. The molecule has 0 aromatic carbocycles. The smallest absolute Gasteiger partial charge is 0.306 e. The fraction of sp³-hybridized carbons (Fsp3) is 0.851. The van der Waals surface area contributed by atoms with Crippen molar-refractivity contribution in [1.29, 1.82) is 0 Å². The summed E-state index contributed by atoms with van der Waals surface area (Å²) >= 11 is 0. The van der Waals surface area contributed by atoms with E-state index in [2.05, 4.69) is 72.7 Å². The van der Waals surface area contributed by atoms with Crippen molar-refractivity contribution in [2.45, 2.75) is 215 Å². The van der Waals surface area contributed by atoms with Crippen LogP contribution in [0.1, 0.15) is 208 Å². The van der Waals surface area contributed by atoms with Gasteiger partial charge in [0.15, 0.2) is 0 Å². The second-order valence-corrected chi connectivity index (χ2v) is 17.7. The first-order chi connectivity index (χ1) is 25.8. The van der Waals surface area contributed by atoms with Gasteiger partial charge in [-0.2, -0.15) is 0 Å². The average Bonchev–Trinajstić information content (AvgIpc) is 3.07. The zero-order chi connectivity index (χ0) is 40.3. The number of rotatable bonds is 37. The molecule has 0 atom stereocenters. The summed E-state index contributed by atoms with van der Waals surface area (Å²) in [7, 11) is 4.18. The Labute approximate surface area is 334 Å². The molecule has 0 amide bonds. The summed E-state index contributed by atoms with van der Waals surface area (Å²) in [5, 5.41) is 0. The Morgan fingerprint density at radius 1 is 0.537 bits per heavy atom. The van der Waals surface area contributed by atoms with Gasteiger partial charge in [-0.05, 0) is 95.6 Å². The quantitative estimate of drug-likeness (QED) is 0.0270. The van der Waals surface area contributed by atoms with Crippen molar-refractivity contribution in [3.63, 3.8) is 0 Å². The predicted molar refractivity (Wildman–Crippen MR) is 228 cm³/mol. The maximum absolute atomic E-state index is 13.2. The molecule has 0 aromatic rings. The minimum atomic E-state index is -0.172. The molecule has 0 radical (unpaired) electrons. The molecule has 0 heterocycles. The molecule has 0 N–H and O–H groups in total. The Kier molecular flexibility index (Phi) is 32.8. The second kappa shape index (κ2) is 34.1. The molecule has 0 spiro atoms. The average molecular weight is 762 g/mol. The van der Waals surface area contributed by atoms with Crippen molar-refractivity contribution in [1.82, 2.24) is 4.90 Å². The Morgan fingerprint density at radius 3 is 1.41 bits per heavy atom. The van der Waals surface area contributed by atoms with Crippen LogP contribution in [0.15, 0.2) is 24.3 Å². The molecular formula is C47H87NO6. The second-order valence-electron chi connectivity index (χ2n) is 17.7. The standard InChI is InChI=1S/C47H87NO6/c1-9-11-13-15-17-19-21-23-31-37-52-43(49)35-29-25-27-33-42(54-45(51)39-46(3,4)40-47(5,6)41-48(7)8)34-28-26-30-36-44(50)53-38-32-24-22-20-18-16-14-12-10-2/h23-24,31-32,42H,9-22,25-30,33-41H2,1-8H3/b31-23-,32-24-. The van der Waals surface area contributed by atoms with Crippen molar-refractivity contribution < 1.29 is 28.6 Å². The molecule has 0 fully saturated rings. The van der Waals surface area contributed by atoms with Gasteiger partial charge in [-0.15, -0.1) is 0 Å². The van der Waals surface area contributed by atoms with Crippen molar-refractivity contribution in [2.75, 3.05) is 33.9 Å². The molecule has 0 rings (SSSR count). The van der Waals surface area contributed by atoms with Crippen LogP contribution >= 0.6 is 0 Å². The maximum atomic E-state index is 13.2. The zero-order valence-corrected chi connectivity index (χ0v) is 36.8. The van der Waals surface area contributed by atoms with E-state index < -0.39 is 0 Å². The van der Waals surface area contributed by atoms with Gasteiger partial charge in [0.05, 0.1) is 6.42 Å². The number of carbonyl (C=O) groups excluding carboxylic acids is 3. The zero-order valence-electron chi connectivity index (χ0n) is 36.8. The third-order valence-corrected chi connectivity index (χ3v) is 9.90. The number of esters is 3. The van der Waals surface area contributed by atoms with Crippen LogP contribution in [0.25, 0.3) is 0 Å². The van der Waals surface area contributed by atoms with E-state index in [1.807, 2.05) is 12.2 Å². The van der Waals surface area contributed by atoms with Gasteiger partial charge < -0.3 is 19.1 Å². The van der Waals surface area contributed by atoms with Gasteiger partial charge in [0.1, 0.15) is 19.3 Å².